The molecule has 0 aliphatic rings. The van der Waals surface area contributed by atoms with Crippen LogP contribution >= 0.6 is 8.60 Å². The standard InChI is InChI=1S/C99H177O3P/c1-19-28-37-46-55-64-79(10)88-73-76-91(97(85(16)70-61-52-43-34-25-7)94(88)82(13)67-58-49-40-31-22-4)100-103(101-92-77-74-89(80(11)65-56-47-38-29-20-2)95(83(14)68-59-50-41-32-23-5)98(92)86(17)71-62-53-44-35-26-8)102-93-78-75-90(81(12)66-57-48-39-30-21-3)96(84(15)69-60-51-42-33-24-6)99(93)87(18)72-63-54-45-36-27-9/h73-87H,19-72H2,1-18H3. The second-order valence-corrected chi connectivity index (χ2v) is 35.4. The summed E-state index contributed by atoms with van der Waals surface area (Å²) in [5.74, 6) is 6.74. The molecule has 0 aliphatic carbocycles. The van der Waals surface area contributed by atoms with Crippen molar-refractivity contribution in [1.82, 2.24) is 0 Å². The van der Waals surface area contributed by atoms with Gasteiger partial charge in [-0.15, -0.1) is 0 Å². The maximum absolute atomic E-state index is 8.20. The molecule has 4 heteroatoms. The van der Waals surface area contributed by atoms with Crippen molar-refractivity contribution in [3.8, 4) is 17.2 Å². The lowest BCUT2D eigenvalue weighted by Crippen LogP contribution is -2.16. The Hall–Kier alpha value is -2.51. The molecule has 0 saturated carbocycles. The van der Waals surface area contributed by atoms with Gasteiger partial charge in [-0.25, -0.2) is 0 Å². The third-order valence-electron chi connectivity index (χ3n) is 24.6. The molecule has 0 aromatic heterocycles. The highest BCUT2D eigenvalue weighted by atomic mass is 31.2. The van der Waals surface area contributed by atoms with Gasteiger partial charge in [-0.1, -0.05) is 432 Å². The summed E-state index contributed by atoms with van der Waals surface area (Å²) in [5, 5.41) is 0. The van der Waals surface area contributed by atoms with Gasteiger partial charge < -0.3 is 13.6 Å². The Labute approximate surface area is 646 Å². The largest absolute Gasteiger partial charge is 0.530 e. The average Bonchev–Trinajstić information content (AvgIpc) is 0.788. The van der Waals surface area contributed by atoms with Crippen LogP contribution < -0.4 is 13.6 Å². The van der Waals surface area contributed by atoms with Crippen LogP contribution in [0.1, 0.15) is 575 Å². The Morgan fingerprint density at radius 1 is 0.184 bits per heavy atom. The van der Waals surface area contributed by atoms with Gasteiger partial charge in [0.15, 0.2) is 0 Å². The minimum atomic E-state index is -2.05. The summed E-state index contributed by atoms with van der Waals surface area (Å²) in [6.45, 7) is 44.5. The summed E-state index contributed by atoms with van der Waals surface area (Å²) < 4.78 is 24.6. The fourth-order valence-corrected chi connectivity index (χ4v) is 18.8. The molecule has 3 rings (SSSR count). The van der Waals surface area contributed by atoms with Crippen LogP contribution in [0.2, 0.25) is 0 Å². The van der Waals surface area contributed by atoms with Crippen LogP contribution in [0.4, 0.5) is 0 Å². The average molecular weight is 1450 g/mol. The summed E-state index contributed by atoms with van der Waals surface area (Å²) in [6, 6.07) is 15.1. The van der Waals surface area contributed by atoms with Crippen LogP contribution in [0.3, 0.4) is 0 Å². The molecular weight excluding hydrogens is 1270 g/mol. The lowest BCUT2D eigenvalue weighted by Gasteiger charge is -2.32. The molecule has 3 aromatic rings. The molecule has 0 N–H and O–H groups in total. The van der Waals surface area contributed by atoms with E-state index in [1.165, 1.54) is 363 Å². The third-order valence-corrected chi connectivity index (χ3v) is 25.6. The normalized spacial score (nSPS) is 14.9. The number of unbranched alkanes of at least 4 members (excludes halogenated alkanes) is 36. The minimum Gasteiger partial charge on any atom is -0.408 e. The van der Waals surface area contributed by atoms with Crippen LogP contribution in [0.25, 0.3) is 0 Å². The van der Waals surface area contributed by atoms with Gasteiger partial charge in [0.2, 0.25) is 0 Å². The minimum absolute atomic E-state index is 0.328. The first-order chi connectivity index (χ1) is 50.1. The fraction of sp³-hybridized carbons (Fsp3) is 0.818. The Balaban J connectivity index is 2.73. The summed E-state index contributed by atoms with van der Waals surface area (Å²) in [6.07, 6.45) is 69.7. The number of hydrogen-bond donors (Lipinski definition) is 0. The molecule has 0 radical (unpaired) electrons. The zero-order chi connectivity index (χ0) is 75.2. The predicted octanol–water partition coefficient (Wildman–Crippen LogP) is 36.6. The molecule has 3 nitrogen and oxygen atoms in total. The summed E-state index contributed by atoms with van der Waals surface area (Å²) in [4.78, 5) is 0. The monoisotopic (exact) mass is 1450 g/mol. The smallest absolute Gasteiger partial charge is 0.408 e. The molecular formula is C99H177O3P. The van der Waals surface area contributed by atoms with Gasteiger partial charge in [-0.2, -0.15) is 0 Å². The van der Waals surface area contributed by atoms with E-state index >= 15 is 0 Å². The summed E-state index contributed by atoms with van der Waals surface area (Å²) >= 11 is 0. The van der Waals surface area contributed by atoms with Crippen molar-refractivity contribution in [2.24, 2.45) is 0 Å². The first kappa shape index (κ1) is 94.7. The Morgan fingerprint density at radius 3 is 0.495 bits per heavy atom. The number of hydrogen-bond acceptors (Lipinski definition) is 3. The molecule has 0 bridgehead atoms. The van der Waals surface area contributed by atoms with E-state index < -0.39 is 8.60 Å². The van der Waals surface area contributed by atoms with Crippen molar-refractivity contribution in [3.63, 3.8) is 0 Å². The van der Waals surface area contributed by atoms with E-state index in [1.54, 1.807) is 33.4 Å². The van der Waals surface area contributed by atoms with Gasteiger partial charge in [0, 0.05) is 16.7 Å². The number of rotatable bonds is 69. The molecule has 0 amide bonds. The number of benzene rings is 3. The Morgan fingerprint density at radius 2 is 0.330 bits per heavy atom. The molecule has 0 fully saturated rings. The highest BCUT2D eigenvalue weighted by molar-refractivity contribution is 7.43. The molecule has 0 heterocycles. The topological polar surface area (TPSA) is 27.7 Å². The molecule has 9 unspecified atom stereocenters. The molecule has 103 heavy (non-hydrogen) atoms. The second kappa shape index (κ2) is 60.3. The van der Waals surface area contributed by atoms with Crippen molar-refractivity contribution in [2.45, 2.75) is 525 Å². The van der Waals surface area contributed by atoms with E-state index in [9.17, 15) is 0 Å². The highest BCUT2D eigenvalue weighted by Crippen LogP contribution is 2.55. The Bertz CT molecular complexity index is 2220. The lowest BCUT2D eigenvalue weighted by atomic mass is 9.77. The van der Waals surface area contributed by atoms with E-state index in [0.717, 1.165) is 17.2 Å². The molecule has 0 aliphatic heterocycles. The SMILES string of the molecule is CCCCCCCC(C)c1ccc(OP(Oc2ccc(C(C)CCCCCCC)c(C(C)CCCCCCC)c2C(C)CCCCCCC)Oc2ccc(C(C)CCCCCCC)c(C(C)CCCCCCC)c2C(C)CCCCCCC)c(C(C)CCCCCCC)c1C(C)CCCCCCC. The lowest BCUT2D eigenvalue weighted by molar-refractivity contribution is 0.375. The fourth-order valence-electron chi connectivity index (χ4n) is 17.7. The van der Waals surface area contributed by atoms with Crippen molar-refractivity contribution >= 4 is 8.60 Å². The Kier molecular flexibility index (Phi) is 55.5. The molecule has 596 valence electrons. The van der Waals surface area contributed by atoms with Crippen molar-refractivity contribution in [2.75, 3.05) is 0 Å². The van der Waals surface area contributed by atoms with Crippen LogP contribution in [0, 0.1) is 0 Å². The van der Waals surface area contributed by atoms with E-state index in [1.807, 2.05) is 0 Å². The predicted molar refractivity (Wildman–Crippen MR) is 464 cm³/mol. The van der Waals surface area contributed by atoms with Crippen LogP contribution in [0.15, 0.2) is 36.4 Å². The van der Waals surface area contributed by atoms with E-state index in [4.69, 9.17) is 13.6 Å². The molecule has 0 saturated heterocycles. The highest BCUT2D eigenvalue weighted by Gasteiger charge is 2.35. The second-order valence-electron chi connectivity index (χ2n) is 34.4. The van der Waals surface area contributed by atoms with Gasteiger partial charge in [0.1, 0.15) is 17.2 Å². The zero-order valence-electron chi connectivity index (χ0n) is 72.5. The van der Waals surface area contributed by atoms with E-state index in [-0.39, 0.29) is 0 Å². The van der Waals surface area contributed by atoms with Gasteiger partial charge in [-0.3, -0.25) is 0 Å². The zero-order valence-corrected chi connectivity index (χ0v) is 73.4. The van der Waals surface area contributed by atoms with Crippen LogP contribution in [0.5, 0.6) is 17.2 Å². The van der Waals surface area contributed by atoms with Gasteiger partial charge in [0.25, 0.3) is 0 Å². The van der Waals surface area contributed by atoms with Gasteiger partial charge >= 0.3 is 8.60 Å². The van der Waals surface area contributed by atoms with Crippen LogP contribution in [-0.4, -0.2) is 0 Å². The van der Waals surface area contributed by atoms with Crippen molar-refractivity contribution in [3.05, 3.63) is 86.5 Å². The maximum atomic E-state index is 8.20. The summed E-state index contributed by atoms with van der Waals surface area (Å²) in [5.41, 5.74) is 14.0. The first-order valence-electron chi connectivity index (χ1n) is 46.5. The quantitative estimate of drug-likeness (QED) is 0.0416. The summed E-state index contributed by atoms with van der Waals surface area (Å²) in [7, 11) is -2.05. The van der Waals surface area contributed by atoms with Gasteiger partial charge in [-0.05, 0) is 163 Å². The molecule has 9 atom stereocenters. The van der Waals surface area contributed by atoms with E-state index in [0.29, 0.717) is 53.3 Å². The molecule has 0 spiro atoms. The van der Waals surface area contributed by atoms with Crippen molar-refractivity contribution in [1.29, 1.82) is 0 Å². The molecule has 3 aromatic carbocycles. The first-order valence-corrected chi connectivity index (χ1v) is 47.6. The van der Waals surface area contributed by atoms with Gasteiger partial charge in [0.05, 0.1) is 0 Å². The maximum Gasteiger partial charge on any atom is 0.530 e. The van der Waals surface area contributed by atoms with Crippen LogP contribution in [-0.2, 0) is 0 Å². The van der Waals surface area contributed by atoms with Crippen molar-refractivity contribution < 1.29 is 13.6 Å². The van der Waals surface area contributed by atoms with E-state index in [2.05, 4.69) is 161 Å². The third kappa shape index (κ3) is 37.2.